The topological polar surface area (TPSA) is 53.0 Å². The lowest BCUT2D eigenvalue weighted by molar-refractivity contribution is -0.113. The minimum absolute atomic E-state index is 0.000931. The number of ketones is 1. The molecule has 170 valence electrons. The molecule has 8 heteroatoms. The maximum Gasteiger partial charge on any atom is 0.274 e. The van der Waals surface area contributed by atoms with Gasteiger partial charge in [0.15, 0.2) is 11.0 Å². The van der Waals surface area contributed by atoms with Crippen LogP contribution >= 0.6 is 35.1 Å². The number of carbonyl (C=O) groups is 2. The molecule has 0 aromatic heterocycles. The van der Waals surface area contributed by atoms with Crippen molar-refractivity contribution in [2.24, 2.45) is 4.99 Å². The third-order valence-corrected chi connectivity index (χ3v) is 8.16. The number of hydrogen-bond donors (Lipinski definition) is 0. The molecule has 5 nitrogen and oxygen atoms in total. The number of aryl methyl sites for hydroxylation is 1. The Morgan fingerprint density at radius 1 is 1.00 bits per heavy atom. The quantitative estimate of drug-likeness (QED) is 0.282. The third kappa shape index (κ3) is 4.15. The Balaban J connectivity index is 1.60. The average Bonchev–Trinajstić information content (AvgIpc) is 3.30. The van der Waals surface area contributed by atoms with Crippen molar-refractivity contribution in [3.8, 4) is 0 Å². The highest BCUT2D eigenvalue weighted by Crippen LogP contribution is 2.51. The van der Waals surface area contributed by atoms with Gasteiger partial charge in [0.1, 0.15) is 4.91 Å². The van der Waals surface area contributed by atoms with Crippen molar-refractivity contribution in [1.82, 2.24) is 0 Å². The molecule has 0 N–H and O–H groups in total. The molecule has 2 aliphatic rings. The van der Waals surface area contributed by atoms with Gasteiger partial charge >= 0.3 is 0 Å². The summed E-state index contributed by atoms with van der Waals surface area (Å²) in [4.78, 5) is 35.5. The number of fused-ring (bicyclic) bond motifs is 1. The van der Waals surface area contributed by atoms with Crippen LogP contribution in [0, 0.1) is 6.92 Å². The molecule has 3 aromatic rings. The number of nitrogens with zero attached hydrogens (tertiary/aromatic N) is 3. The molecular weight excluding hydrogens is 486 g/mol. The molecule has 1 fully saturated rings. The van der Waals surface area contributed by atoms with Gasteiger partial charge in [-0.15, -0.1) is 0 Å². The van der Waals surface area contributed by atoms with Gasteiger partial charge in [0.05, 0.1) is 22.1 Å². The van der Waals surface area contributed by atoms with Crippen LogP contribution in [0.25, 0.3) is 0 Å². The molecule has 3 aromatic carbocycles. The maximum absolute atomic E-state index is 13.8. The van der Waals surface area contributed by atoms with E-state index in [-0.39, 0.29) is 11.7 Å². The summed E-state index contributed by atoms with van der Waals surface area (Å²) in [5, 5.41) is 2.07. The SMILES string of the molecule is CC(=O)c1ccc(N=C2SC(=C3Sc4ccc(Cl)cc4N3C)C(=O)N2c2cccc(C)c2)cc1. The van der Waals surface area contributed by atoms with Crippen molar-refractivity contribution >= 4 is 69.0 Å². The molecule has 2 heterocycles. The lowest BCUT2D eigenvalue weighted by Crippen LogP contribution is -2.29. The van der Waals surface area contributed by atoms with Crippen LogP contribution < -0.4 is 9.80 Å². The van der Waals surface area contributed by atoms with Crippen molar-refractivity contribution < 1.29 is 9.59 Å². The second kappa shape index (κ2) is 8.98. The van der Waals surface area contributed by atoms with Crippen LogP contribution in [0.3, 0.4) is 0 Å². The smallest absolute Gasteiger partial charge is 0.274 e. The van der Waals surface area contributed by atoms with E-state index in [2.05, 4.69) is 0 Å². The molecule has 0 bridgehead atoms. The first-order valence-corrected chi connectivity index (χ1v) is 12.6. The average molecular weight is 506 g/mol. The predicted molar refractivity (Wildman–Crippen MR) is 143 cm³/mol. The molecule has 34 heavy (non-hydrogen) atoms. The van der Waals surface area contributed by atoms with Crippen LogP contribution in [-0.4, -0.2) is 23.9 Å². The minimum Gasteiger partial charge on any atom is -0.337 e. The fourth-order valence-corrected chi connectivity index (χ4v) is 6.26. The zero-order chi connectivity index (χ0) is 24.0. The van der Waals surface area contributed by atoms with Gasteiger partial charge in [-0.3, -0.25) is 14.5 Å². The second-order valence-corrected chi connectivity index (χ2v) is 10.4. The molecule has 1 saturated heterocycles. The number of aliphatic imine (C=N–C) groups is 1. The van der Waals surface area contributed by atoms with Gasteiger partial charge in [-0.2, -0.15) is 0 Å². The highest BCUT2D eigenvalue weighted by Gasteiger charge is 2.40. The summed E-state index contributed by atoms with van der Waals surface area (Å²) < 4.78 is 0. The van der Waals surface area contributed by atoms with Gasteiger partial charge in [-0.05, 0) is 85.8 Å². The lowest BCUT2D eigenvalue weighted by Gasteiger charge is -2.17. The van der Waals surface area contributed by atoms with Gasteiger partial charge in [-0.1, -0.05) is 35.5 Å². The first kappa shape index (κ1) is 22.8. The van der Waals surface area contributed by atoms with Gasteiger partial charge < -0.3 is 4.90 Å². The fourth-order valence-electron chi connectivity index (χ4n) is 3.77. The number of rotatable bonds is 3. The van der Waals surface area contributed by atoms with Gasteiger partial charge in [0, 0.05) is 22.5 Å². The van der Waals surface area contributed by atoms with E-state index in [1.807, 2.05) is 61.3 Å². The van der Waals surface area contributed by atoms with E-state index < -0.39 is 0 Å². The van der Waals surface area contributed by atoms with Crippen LogP contribution in [0.15, 0.2) is 86.6 Å². The highest BCUT2D eigenvalue weighted by molar-refractivity contribution is 8.20. The van der Waals surface area contributed by atoms with Crippen molar-refractivity contribution in [1.29, 1.82) is 0 Å². The zero-order valence-corrected chi connectivity index (χ0v) is 21.1. The van der Waals surface area contributed by atoms with Crippen molar-refractivity contribution in [2.75, 3.05) is 16.8 Å². The molecule has 2 aliphatic heterocycles. The number of amides is 1. The summed E-state index contributed by atoms with van der Waals surface area (Å²) in [5.41, 5.74) is 4.08. The summed E-state index contributed by atoms with van der Waals surface area (Å²) in [7, 11) is 1.94. The number of halogens is 1. The van der Waals surface area contributed by atoms with E-state index >= 15 is 0 Å². The number of amidine groups is 1. The van der Waals surface area contributed by atoms with E-state index in [1.54, 1.807) is 40.9 Å². The first-order chi connectivity index (χ1) is 16.3. The van der Waals surface area contributed by atoms with Crippen molar-refractivity contribution in [3.05, 3.63) is 92.8 Å². The van der Waals surface area contributed by atoms with Gasteiger partial charge in [0.2, 0.25) is 0 Å². The number of carbonyl (C=O) groups excluding carboxylic acids is 2. The molecule has 0 aliphatic carbocycles. The third-order valence-electron chi connectivity index (χ3n) is 5.53. The van der Waals surface area contributed by atoms with E-state index in [4.69, 9.17) is 16.6 Å². The van der Waals surface area contributed by atoms with E-state index in [9.17, 15) is 9.59 Å². The highest BCUT2D eigenvalue weighted by atomic mass is 35.5. The van der Waals surface area contributed by atoms with Crippen LogP contribution in [0.5, 0.6) is 0 Å². The Kier molecular flexibility index (Phi) is 6.02. The molecule has 5 rings (SSSR count). The number of anilines is 2. The van der Waals surface area contributed by atoms with E-state index in [0.29, 0.717) is 26.3 Å². The normalized spacial score (nSPS) is 18.7. The molecule has 1 amide bonds. The standard InChI is InChI=1S/C26H20ClN3O2S2/c1-15-5-4-6-20(13-15)30-24(32)23(25-29(3)21-14-18(27)9-12-22(21)33-25)34-26(30)28-19-10-7-17(8-11-19)16(2)31/h4-14H,1-3H3. The number of Topliss-reactive ketones (excluding diaryl/α,β-unsaturated/α-hetero) is 1. The Morgan fingerprint density at radius 3 is 2.47 bits per heavy atom. The fraction of sp³-hybridized carbons (Fsp3) is 0.115. The number of hydrogen-bond acceptors (Lipinski definition) is 6. The summed E-state index contributed by atoms with van der Waals surface area (Å²) in [6.45, 7) is 3.53. The maximum atomic E-state index is 13.8. The molecule has 0 radical (unpaired) electrons. The molecule has 0 atom stereocenters. The Labute approximate surface area is 211 Å². The summed E-state index contributed by atoms with van der Waals surface area (Å²) in [6.07, 6.45) is 0. The number of benzene rings is 3. The number of thioether (sulfide) groups is 2. The van der Waals surface area contributed by atoms with Gasteiger partial charge in [-0.25, -0.2) is 4.99 Å². The molecule has 0 saturated carbocycles. The zero-order valence-electron chi connectivity index (χ0n) is 18.7. The Hall–Kier alpha value is -3.00. The minimum atomic E-state index is -0.122. The largest absolute Gasteiger partial charge is 0.337 e. The van der Waals surface area contributed by atoms with E-state index in [0.717, 1.165) is 26.9 Å². The van der Waals surface area contributed by atoms with Crippen molar-refractivity contribution in [3.63, 3.8) is 0 Å². The van der Waals surface area contributed by atoms with Crippen LogP contribution in [0.4, 0.5) is 17.1 Å². The van der Waals surface area contributed by atoms with Crippen LogP contribution in [-0.2, 0) is 4.79 Å². The summed E-state index contributed by atoms with van der Waals surface area (Å²) in [5.74, 6) is -0.123. The van der Waals surface area contributed by atoms with Crippen LogP contribution in [0.1, 0.15) is 22.8 Å². The van der Waals surface area contributed by atoms with E-state index in [1.165, 1.54) is 18.7 Å². The first-order valence-electron chi connectivity index (χ1n) is 10.6. The Bertz CT molecular complexity index is 1400. The second-order valence-electron chi connectivity index (χ2n) is 7.99. The summed E-state index contributed by atoms with van der Waals surface area (Å²) >= 11 is 9.12. The van der Waals surface area contributed by atoms with Crippen LogP contribution in [0.2, 0.25) is 5.02 Å². The summed E-state index contributed by atoms with van der Waals surface area (Å²) in [6, 6.07) is 20.6. The molecule has 0 spiro atoms. The lowest BCUT2D eigenvalue weighted by atomic mass is 10.1. The molecular formula is C26H20ClN3O2S2. The predicted octanol–water partition coefficient (Wildman–Crippen LogP) is 7.03. The monoisotopic (exact) mass is 505 g/mol. The van der Waals surface area contributed by atoms with Gasteiger partial charge in [0.25, 0.3) is 5.91 Å². The molecule has 0 unspecified atom stereocenters. The Morgan fingerprint density at radius 2 is 1.76 bits per heavy atom. The van der Waals surface area contributed by atoms with Crippen molar-refractivity contribution in [2.45, 2.75) is 18.7 Å².